The molecular weight excluding hydrogens is 402 g/mol. The SMILES string of the molecule is CN(C)C(=O)NC1=CC(OCCC(c2ccccc2)c2ccccc2)(C(=O)O)NS1. The monoisotopic (exact) mass is 427 g/mol. The van der Waals surface area contributed by atoms with Crippen molar-refractivity contribution in [3.63, 3.8) is 0 Å². The Bertz CT molecular complexity index is 866. The number of rotatable bonds is 8. The summed E-state index contributed by atoms with van der Waals surface area (Å²) in [6.45, 7) is 0.208. The van der Waals surface area contributed by atoms with Gasteiger partial charge in [-0.25, -0.2) is 14.3 Å². The van der Waals surface area contributed by atoms with Crippen molar-refractivity contribution >= 4 is 23.9 Å². The summed E-state index contributed by atoms with van der Waals surface area (Å²) < 4.78 is 8.61. The van der Waals surface area contributed by atoms with Gasteiger partial charge in [0.05, 0.1) is 11.6 Å². The fraction of sp³-hybridized carbons (Fsp3) is 0.273. The van der Waals surface area contributed by atoms with Crippen molar-refractivity contribution in [3.05, 3.63) is 82.9 Å². The number of benzene rings is 2. The number of hydrogen-bond donors (Lipinski definition) is 3. The number of nitrogens with zero attached hydrogens (tertiary/aromatic N) is 1. The Morgan fingerprint density at radius 1 is 1.10 bits per heavy atom. The van der Waals surface area contributed by atoms with Crippen molar-refractivity contribution in [2.45, 2.75) is 18.1 Å². The molecule has 2 amide bonds. The molecule has 0 bridgehead atoms. The molecule has 8 heteroatoms. The fourth-order valence-electron chi connectivity index (χ4n) is 3.13. The van der Waals surface area contributed by atoms with Crippen LogP contribution >= 0.6 is 11.9 Å². The van der Waals surface area contributed by atoms with E-state index in [2.05, 4.69) is 34.3 Å². The number of carboxylic acids is 1. The number of hydrogen-bond acceptors (Lipinski definition) is 5. The molecule has 3 N–H and O–H groups in total. The Hall–Kier alpha value is -2.81. The van der Waals surface area contributed by atoms with Gasteiger partial charge in [-0.1, -0.05) is 60.7 Å². The van der Waals surface area contributed by atoms with E-state index >= 15 is 0 Å². The van der Waals surface area contributed by atoms with Gasteiger partial charge >= 0.3 is 12.0 Å². The quantitative estimate of drug-likeness (QED) is 0.560. The molecule has 158 valence electrons. The van der Waals surface area contributed by atoms with E-state index in [1.807, 2.05) is 36.4 Å². The molecule has 7 nitrogen and oxygen atoms in total. The largest absolute Gasteiger partial charge is 0.478 e. The number of aliphatic carboxylic acids is 1. The van der Waals surface area contributed by atoms with Crippen molar-refractivity contribution in [1.29, 1.82) is 0 Å². The lowest BCUT2D eigenvalue weighted by atomic mass is 9.89. The maximum atomic E-state index is 11.9. The molecule has 0 aromatic heterocycles. The third kappa shape index (κ3) is 5.21. The zero-order chi connectivity index (χ0) is 21.6. The smallest absolute Gasteiger partial charge is 0.356 e. The number of carbonyl (C=O) groups excluding carboxylic acids is 1. The Labute approximate surface area is 180 Å². The van der Waals surface area contributed by atoms with Crippen LogP contribution in [0.1, 0.15) is 23.5 Å². The topological polar surface area (TPSA) is 90.9 Å². The Morgan fingerprint density at radius 3 is 2.17 bits per heavy atom. The van der Waals surface area contributed by atoms with Gasteiger partial charge in [-0.15, -0.1) is 0 Å². The lowest BCUT2D eigenvalue weighted by Gasteiger charge is -2.24. The van der Waals surface area contributed by atoms with Gasteiger partial charge in [-0.2, -0.15) is 0 Å². The average molecular weight is 428 g/mol. The average Bonchev–Trinajstić information content (AvgIpc) is 3.16. The van der Waals surface area contributed by atoms with E-state index in [1.165, 1.54) is 11.0 Å². The first-order valence-corrected chi connectivity index (χ1v) is 10.4. The highest BCUT2D eigenvalue weighted by Crippen LogP contribution is 2.31. The van der Waals surface area contributed by atoms with Crippen LogP contribution in [0.2, 0.25) is 0 Å². The normalized spacial score (nSPS) is 18.2. The third-order valence-corrected chi connectivity index (χ3v) is 5.59. The fourth-order valence-corrected chi connectivity index (χ4v) is 3.96. The molecule has 3 rings (SSSR count). The summed E-state index contributed by atoms with van der Waals surface area (Å²) in [5.74, 6) is -1.09. The molecule has 0 spiro atoms. The maximum Gasteiger partial charge on any atom is 0.356 e. The molecular formula is C22H25N3O4S. The number of carbonyl (C=O) groups is 2. The van der Waals surface area contributed by atoms with Crippen LogP contribution in [0.3, 0.4) is 0 Å². The molecule has 1 aliphatic heterocycles. The third-order valence-electron chi connectivity index (χ3n) is 4.74. The number of amides is 2. The van der Waals surface area contributed by atoms with Crippen LogP contribution in [0.5, 0.6) is 0 Å². The second-order valence-corrected chi connectivity index (χ2v) is 7.94. The van der Waals surface area contributed by atoms with E-state index < -0.39 is 11.7 Å². The van der Waals surface area contributed by atoms with Crippen LogP contribution in [-0.4, -0.2) is 48.4 Å². The second-order valence-electron chi connectivity index (χ2n) is 7.09. The predicted molar refractivity (Wildman–Crippen MR) is 117 cm³/mol. The summed E-state index contributed by atoms with van der Waals surface area (Å²) in [5.41, 5.74) is 0.581. The van der Waals surface area contributed by atoms with Gasteiger partial charge in [0.1, 0.15) is 0 Å². The molecule has 1 heterocycles. The number of nitrogens with one attached hydrogen (secondary N) is 2. The summed E-state index contributed by atoms with van der Waals surface area (Å²) in [4.78, 5) is 25.1. The highest BCUT2D eigenvalue weighted by atomic mass is 32.2. The van der Waals surface area contributed by atoms with Crippen LogP contribution in [0.4, 0.5) is 4.79 Å². The van der Waals surface area contributed by atoms with Crippen molar-refractivity contribution in [1.82, 2.24) is 14.9 Å². The number of carboxylic acid groups (broad SMARTS) is 1. The van der Waals surface area contributed by atoms with Gasteiger partial charge in [-0.05, 0) is 29.5 Å². The number of ether oxygens (including phenoxy) is 1. The van der Waals surface area contributed by atoms with Crippen molar-refractivity contribution in [2.75, 3.05) is 20.7 Å². The van der Waals surface area contributed by atoms with Crippen LogP contribution in [0.15, 0.2) is 71.8 Å². The number of urea groups is 1. The minimum atomic E-state index is -1.70. The van der Waals surface area contributed by atoms with Crippen LogP contribution in [-0.2, 0) is 9.53 Å². The lowest BCUT2D eigenvalue weighted by Crippen LogP contribution is -2.48. The molecule has 0 saturated carbocycles. The molecule has 2 aromatic carbocycles. The van der Waals surface area contributed by atoms with Gasteiger partial charge in [-0.3, -0.25) is 0 Å². The highest BCUT2D eigenvalue weighted by molar-refractivity contribution is 8.01. The molecule has 0 saturated heterocycles. The standard InChI is InChI=1S/C22H25N3O4S/c1-25(2)21(28)23-19-15-22(20(26)27,24-30-19)29-14-13-18(16-9-5-3-6-10-16)17-11-7-4-8-12-17/h3-12,15,18,24H,13-14H2,1-2H3,(H,23,28)(H,26,27). The van der Waals surface area contributed by atoms with E-state index in [-0.39, 0.29) is 18.6 Å². The van der Waals surface area contributed by atoms with Crippen LogP contribution in [0, 0.1) is 0 Å². The van der Waals surface area contributed by atoms with Crippen LogP contribution in [0.25, 0.3) is 0 Å². The summed E-state index contributed by atoms with van der Waals surface area (Å²) in [6.07, 6.45) is 1.99. The van der Waals surface area contributed by atoms with Crippen molar-refractivity contribution in [2.24, 2.45) is 0 Å². The Morgan fingerprint density at radius 2 is 1.67 bits per heavy atom. The molecule has 0 radical (unpaired) electrons. The van der Waals surface area contributed by atoms with Crippen molar-refractivity contribution < 1.29 is 19.4 Å². The summed E-state index contributed by atoms with van der Waals surface area (Å²) in [6, 6.07) is 19.8. The van der Waals surface area contributed by atoms with E-state index in [0.29, 0.717) is 11.4 Å². The Kier molecular flexibility index (Phi) is 7.15. The van der Waals surface area contributed by atoms with Gasteiger partial charge < -0.3 is 20.1 Å². The van der Waals surface area contributed by atoms with Gasteiger partial charge in [0.15, 0.2) is 0 Å². The molecule has 0 aliphatic carbocycles. The van der Waals surface area contributed by atoms with Gasteiger partial charge in [0, 0.05) is 26.1 Å². The maximum absolute atomic E-state index is 11.9. The zero-order valence-electron chi connectivity index (χ0n) is 16.9. The first-order chi connectivity index (χ1) is 14.4. The Balaban J connectivity index is 1.72. The molecule has 30 heavy (non-hydrogen) atoms. The minimum Gasteiger partial charge on any atom is -0.478 e. The summed E-state index contributed by atoms with van der Waals surface area (Å²) >= 11 is 1.02. The minimum absolute atomic E-state index is 0.0733. The van der Waals surface area contributed by atoms with E-state index in [9.17, 15) is 14.7 Å². The first-order valence-electron chi connectivity index (χ1n) is 9.54. The highest BCUT2D eigenvalue weighted by Gasteiger charge is 2.43. The zero-order valence-corrected chi connectivity index (χ0v) is 17.7. The summed E-state index contributed by atoms with van der Waals surface area (Å²) in [7, 11) is 3.22. The molecule has 1 aliphatic rings. The first kappa shape index (κ1) is 21.9. The molecule has 1 unspecified atom stereocenters. The molecule has 2 aromatic rings. The van der Waals surface area contributed by atoms with E-state index in [4.69, 9.17) is 4.74 Å². The summed E-state index contributed by atoms with van der Waals surface area (Å²) in [5, 5.41) is 12.8. The second kappa shape index (κ2) is 9.80. The van der Waals surface area contributed by atoms with Crippen LogP contribution < -0.4 is 10.0 Å². The van der Waals surface area contributed by atoms with E-state index in [0.717, 1.165) is 23.1 Å². The predicted octanol–water partition coefficient (Wildman–Crippen LogP) is 3.37. The lowest BCUT2D eigenvalue weighted by molar-refractivity contribution is -0.160. The van der Waals surface area contributed by atoms with Crippen molar-refractivity contribution in [3.8, 4) is 0 Å². The van der Waals surface area contributed by atoms with Gasteiger partial charge in [0.25, 0.3) is 0 Å². The van der Waals surface area contributed by atoms with E-state index in [1.54, 1.807) is 14.1 Å². The molecule has 0 fully saturated rings. The van der Waals surface area contributed by atoms with Gasteiger partial charge in [0.2, 0.25) is 5.72 Å². The molecule has 1 atom stereocenters.